The maximum atomic E-state index is 11.8. The van der Waals surface area contributed by atoms with Crippen molar-refractivity contribution >= 4 is 11.6 Å². The largest absolute Gasteiger partial charge is 0.382 e. The highest BCUT2D eigenvalue weighted by atomic mass is 16.2. The van der Waals surface area contributed by atoms with Gasteiger partial charge >= 0.3 is 0 Å². The van der Waals surface area contributed by atoms with Gasteiger partial charge in [-0.1, -0.05) is 12.1 Å². The van der Waals surface area contributed by atoms with Crippen LogP contribution in [0.1, 0.15) is 25.3 Å². The zero-order chi connectivity index (χ0) is 13.8. The molecule has 0 radical (unpaired) electrons. The summed E-state index contributed by atoms with van der Waals surface area (Å²) in [5.74, 6) is 0.0639. The van der Waals surface area contributed by atoms with E-state index >= 15 is 0 Å². The summed E-state index contributed by atoms with van der Waals surface area (Å²) in [7, 11) is 0. The Bertz CT molecular complexity index is 437. The summed E-state index contributed by atoms with van der Waals surface area (Å²) < 4.78 is 0. The summed E-state index contributed by atoms with van der Waals surface area (Å²) in [6.07, 6.45) is 1.96. The van der Waals surface area contributed by atoms with E-state index in [1.165, 1.54) is 5.56 Å². The first-order valence-electron chi connectivity index (χ1n) is 6.94. The van der Waals surface area contributed by atoms with Crippen LogP contribution >= 0.6 is 0 Å². The van der Waals surface area contributed by atoms with Gasteiger partial charge in [0.05, 0.1) is 6.04 Å². The molecule has 1 amide bonds. The first kappa shape index (κ1) is 13.9. The fraction of sp³-hybridized carbons (Fsp3) is 0.533. The van der Waals surface area contributed by atoms with Gasteiger partial charge < -0.3 is 16.0 Å². The van der Waals surface area contributed by atoms with E-state index in [1.807, 2.05) is 4.90 Å². The zero-order valence-corrected chi connectivity index (χ0v) is 11.7. The Hall–Kier alpha value is -1.55. The number of nitrogens with zero attached hydrogens (tertiary/aromatic N) is 1. The maximum absolute atomic E-state index is 11.8. The lowest BCUT2D eigenvalue weighted by Crippen LogP contribution is -2.48. The van der Waals surface area contributed by atoms with Crippen LogP contribution in [0.3, 0.4) is 0 Å². The second-order valence-corrected chi connectivity index (χ2v) is 5.40. The molecule has 0 spiro atoms. The van der Waals surface area contributed by atoms with Gasteiger partial charge in [-0.3, -0.25) is 4.79 Å². The normalized spacial score (nSPS) is 18.2. The van der Waals surface area contributed by atoms with Crippen LogP contribution in [0, 0.1) is 6.92 Å². The Balaban J connectivity index is 1.85. The Morgan fingerprint density at radius 2 is 2.11 bits per heavy atom. The topological polar surface area (TPSA) is 58.4 Å². The third-order valence-corrected chi connectivity index (χ3v) is 3.59. The molecule has 1 saturated heterocycles. The van der Waals surface area contributed by atoms with E-state index in [1.54, 1.807) is 6.92 Å². The van der Waals surface area contributed by atoms with Crippen LogP contribution in [0.2, 0.25) is 0 Å². The molecule has 0 aliphatic carbocycles. The minimum atomic E-state index is -0.388. The lowest BCUT2D eigenvalue weighted by molar-refractivity contribution is -0.133. The van der Waals surface area contributed by atoms with Crippen molar-refractivity contribution in [1.82, 2.24) is 4.90 Å². The number of rotatable bonds is 3. The number of aryl methyl sites for hydroxylation is 1. The minimum absolute atomic E-state index is 0.0639. The van der Waals surface area contributed by atoms with Crippen LogP contribution in [0.25, 0.3) is 0 Å². The second kappa shape index (κ2) is 6.06. The summed E-state index contributed by atoms with van der Waals surface area (Å²) in [6.45, 7) is 5.43. The summed E-state index contributed by atoms with van der Waals surface area (Å²) in [6, 6.07) is 8.45. The molecule has 4 nitrogen and oxygen atoms in total. The molecule has 1 aromatic carbocycles. The molecule has 1 aromatic rings. The van der Waals surface area contributed by atoms with E-state index in [0.29, 0.717) is 6.04 Å². The molecule has 0 unspecified atom stereocenters. The third-order valence-electron chi connectivity index (χ3n) is 3.59. The number of nitrogens with one attached hydrogen (secondary N) is 1. The van der Waals surface area contributed by atoms with Crippen LogP contribution in [0.15, 0.2) is 24.3 Å². The van der Waals surface area contributed by atoms with Crippen molar-refractivity contribution in [3.05, 3.63) is 29.8 Å². The molecular formula is C15H23N3O. The summed E-state index contributed by atoms with van der Waals surface area (Å²) in [5, 5.41) is 3.54. The molecular weight excluding hydrogens is 238 g/mol. The van der Waals surface area contributed by atoms with Crippen molar-refractivity contribution in [3.63, 3.8) is 0 Å². The van der Waals surface area contributed by atoms with Gasteiger partial charge in [-0.25, -0.2) is 0 Å². The molecule has 2 rings (SSSR count). The highest BCUT2D eigenvalue weighted by Crippen LogP contribution is 2.17. The number of benzene rings is 1. The van der Waals surface area contributed by atoms with Crippen LogP contribution in [-0.2, 0) is 4.79 Å². The number of carbonyl (C=O) groups is 1. The lowest BCUT2D eigenvalue weighted by Gasteiger charge is -2.33. The van der Waals surface area contributed by atoms with Crippen LogP contribution in [0.5, 0.6) is 0 Å². The molecule has 3 N–H and O–H groups in total. The van der Waals surface area contributed by atoms with E-state index in [9.17, 15) is 4.79 Å². The number of carbonyl (C=O) groups excluding carboxylic acids is 1. The van der Waals surface area contributed by atoms with Gasteiger partial charge in [-0.05, 0) is 44.4 Å². The third kappa shape index (κ3) is 3.70. The molecule has 1 aliphatic rings. The Morgan fingerprint density at radius 3 is 2.68 bits per heavy atom. The van der Waals surface area contributed by atoms with Gasteiger partial charge in [0.1, 0.15) is 0 Å². The number of nitrogens with two attached hydrogens (primary N) is 1. The first-order valence-corrected chi connectivity index (χ1v) is 6.94. The van der Waals surface area contributed by atoms with Crippen LogP contribution < -0.4 is 11.1 Å². The smallest absolute Gasteiger partial charge is 0.239 e. The standard InChI is InChI=1S/C15H23N3O/c1-11-4-3-5-14(10-11)17-13-6-8-18(9-7-13)15(19)12(2)16/h3-5,10,12-13,17H,6-9,16H2,1-2H3/t12-/m1/s1. The van der Waals surface area contributed by atoms with Crippen molar-refractivity contribution in [3.8, 4) is 0 Å². The zero-order valence-electron chi connectivity index (χ0n) is 11.7. The van der Waals surface area contributed by atoms with Crippen LogP contribution in [-0.4, -0.2) is 36.0 Å². The van der Waals surface area contributed by atoms with Gasteiger partial charge in [-0.15, -0.1) is 0 Å². The highest BCUT2D eigenvalue weighted by Gasteiger charge is 2.24. The minimum Gasteiger partial charge on any atom is -0.382 e. The van der Waals surface area contributed by atoms with Crippen LogP contribution in [0.4, 0.5) is 5.69 Å². The van der Waals surface area contributed by atoms with Crippen molar-refractivity contribution in [1.29, 1.82) is 0 Å². The number of likely N-dealkylation sites (tertiary alicyclic amines) is 1. The summed E-state index contributed by atoms with van der Waals surface area (Å²) >= 11 is 0. The van der Waals surface area contributed by atoms with Gasteiger partial charge in [-0.2, -0.15) is 0 Å². The molecule has 1 heterocycles. The van der Waals surface area contributed by atoms with Gasteiger partial charge in [0.15, 0.2) is 0 Å². The summed E-state index contributed by atoms with van der Waals surface area (Å²) in [4.78, 5) is 13.7. The van der Waals surface area contributed by atoms with E-state index in [4.69, 9.17) is 5.73 Å². The van der Waals surface area contributed by atoms with Gasteiger partial charge in [0, 0.05) is 24.8 Å². The molecule has 19 heavy (non-hydrogen) atoms. The summed E-state index contributed by atoms with van der Waals surface area (Å²) in [5.41, 5.74) is 8.06. The van der Waals surface area contributed by atoms with Crippen molar-refractivity contribution in [2.75, 3.05) is 18.4 Å². The predicted molar refractivity (Wildman–Crippen MR) is 78.1 cm³/mol. The average molecular weight is 261 g/mol. The monoisotopic (exact) mass is 261 g/mol. The van der Waals surface area contributed by atoms with Crippen molar-refractivity contribution in [2.45, 2.75) is 38.8 Å². The quantitative estimate of drug-likeness (QED) is 0.871. The number of piperidine rings is 1. The molecule has 0 saturated carbocycles. The van der Waals surface area contributed by atoms with E-state index < -0.39 is 0 Å². The number of anilines is 1. The number of amides is 1. The van der Waals surface area contributed by atoms with Gasteiger partial charge in [0.2, 0.25) is 5.91 Å². The Kier molecular flexibility index (Phi) is 4.43. The lowest BCUT2D eigenvalue weighted by atomic mass is 10.0. The molecule has 0 aromatic heterocycles. The Labute approximate surface area is 115 Å². The number of hydrogen-bond donors (Lipinski definition) is 2. The fourth-order valence-corrected chi connectivity index (χ4v) is 2.50. The molecule has 0 bridgehead atoms. The number of hydrogen-bond acceptors (Lipinski definition) is 3. The molecule has 104 valence electrons. The average Bonchev–Trinajstić information content (AvgIpc) is 2.39. The first-order chi connectivity index (χ1) is 9.06. The molecule has 1 fully saturated rings. The van der Waals surface area contributed by atoms with Crippen molar-refractivity contribution in [2.24, 2.45) is 5.73 Å². The molecule has 1 aliphatic heterocycles. The fourth-order valence-electron chi connectivity index (χ4n) is 2.50. The van der Waals surface area contributed by atoms with E-state index in [-0.39, 0.29) is 11.9 Å². The maximum Gasteiger partial charge on any atom is 0.239 e. The molecule has 1 atom stereocenters. The van der Waals surface area contributed by atoms with Gasteiger partial charge in [0.25, 0.3) is 0 Å². The molecule has 4 heteroatoms. The predicted octanol–water partition coefficient (Wildman–Crippen LogP) is 1.75. The van der Waals surface area contributed by atoms with Crippen molar-refractivity contribution < 1.29 is 4.79 Å². The highest BCUT2D eigenvalue weighted by molar-refractivity contribution is 5.81. The van der Waals surface area contributed by atoms with E-state index in [2.05, 4.69) is 36.5 Å². The Morgan fingerprint density at radius 1 is 1.42 bits per heavy atom. The SMILES string of the molecule is Cc1cccc(NC2CCN(C(=O)[C@@H](C)N)CC2)c1. The second-order valence-electron chi connectivity index (χ2n) is 5.40. The van der Waals surface area contributed by atoms with E-state index in [0.717, 1.165) is 31.6 Å².